The van der Waals surface area contributed by atoms with Gasteiger partial charge in [-0.1, -0.05) is 60.7 Å². The van der Waals surface area contributed by atoms with E-state index in [1.165, 1.54) is 26.2 Å². The molecule has 2 aliphatic rings. The molecule has 238 valence electrons. The fourth-order valence-corrected chi connectivity index (χ4v) is 8.33. The van der Waals surface area contributed by atoms with E-state index in [1.54, 1.807) is 59.4 Å². The summed E-state index contributed by atoms with van der Waals surface area (Å²) < 4.78 is 52.9. The molecule has 11 nitrogen and oxygen atoms in total. The summed E-state index contributed by atoms with van der Waals surface area (Å²) in [5, 5.41) is 15.1. The molecule has 1 atom stereocenters. The van der Waals surface area contributed by atoms with Crippen LogP contribution in [0.15, 0.2) is 107 Å². The predicted molar refractivity (Wildman–Crippen MR) is 176 cm³/mol. The highest BCUT2D eigenvalue weighted by Gasteiger charge is 2.45. The molecule has 2 amide bonds. The molecule has 0 aliphatic carbocycles. The Bertz CT molecular complexity index is 2220. The van der Waals surface area contributed by atoms with Crippen molar-refractivity contribution in [2.75, 3.05) is 25.6 Å². The van der Waals surface area contributed by atoms with E-state index >= 15 is 0 Å². The van der Waals surface area contributed by atoms with Crippen molar-refractivity contribution in [3.63, 3.8) is 0 Å². The van der Waals surface area contributed by atoms with Crippen LogP contribution in [0.25, 0.3) is 28.6 Å². The first-order chi connectivity index (χ1) is 22.4. The van der Waals surface area contributed by atoms with Crippen LogP contribution >= 0.6 is 0 Å². The molecular formula is C34H29N5O6S2. The number of hydrogen-bond donors (Lipinski definition) is 0. The van der Waals surface area contributed by atoms with E-state index in [2.05, 4.69) is 0 Å². The number of sulfone groups is 1. The third kappa shape index (κ3) is 5.94. The Morgan fingerprint density at radius 1 is 0.915 bits per heavy atom. The SMILES string of the molecule is CN(C)S(=O)(=O)c1ccc(-c2nn(-c3ccccc3)cc2/C=C2\C(=O)N(C3CCS(=O)(=O)C3)C(=O)C(C#N)=C2c2ccccc2)cc1. The fraction of sp³-hybridized carbons (Fsp3) is 0.176. The molecule has 0 N–H and O–H groups in total. The van der Waals surface area contributed by atoms with Crippen LogP contribution in [0.2, 0.25) is 0 Å². The molecule has 0 saturated carbocycles. The van der Waals surface area contributed by atoms with Gasteiger partial charge in [-0.25, -0.2) is 25.8 Å². The minimum absolute atomic E-state index is 0.0253. The number of aromatic nitrogens is 2. The Labute approximate surface area is 272 Å². The lowest BCUT2D eigenvalue weighted by Crippen LogP contribution is -2.49. The molecule has 1 fully saturated rings. The van der Waals surface area contributed by atoms with Gasteiger partial charge in [0.25, 0.3) is 11.8 Å². The number of hydrogen-bond acceptors (Lipinski definition) is 8. The standard InChI is InChI=1S/C34H29N5O6S2/c1-37(2)47(44,45)28-15-13-24(14-16-28)32-25(21-38(36-32)26-11-7-4-8-12-26)19-29-31(23-9-5-3-6-10-23)30(20-35)34(41)39(33(29)40)27-17-18-46(42,43)22-27/h3-16,19,21,27H,17-18,22H2,1-2H3/b29-19-. The first-order valence-corrected chi connectivity index (χ1v) is 17.9. The fourth-order valence-electron chi connectivity index (χ4n) is 5.73. The second-order valence-corrected chi connectivity index (χ2v) is 15.7. The zero-order valence-corrected chi connectivity index (χ0v) is 27.1. The van der Waals surface area contributed by atoms with Gasteiger partial charge in [0.05, 0.1) is 39.4 Å². The van der Waals surface area contributed by atoms with Gasteiger partial charge in [-0.15, -0.1) is 0 Å². The topological polar surface area (TPSA) is 151 Å². The van der Waals surface area contributed by atoms with Gasteiger partial charge >= 0.3 is 0 Å². The van der Waals surface area contributed by atoms with E-state index in [0.29, 0.717) is 28.1 Å². The number of sulfonamides is 1. The van der Waals surface area contributed by atoms with Crippen molar-refractivity contribution < 1.29 is 26.4 Å². The highest BCUT2D eigenvalue weighted by molar-refractivity contribution is 7.91. The quantitative estimate of drug-likeness (QED) is 0.214. The van der Waals surface area contributed by atoms with E-state index in [1.807, 2.05) is 36.4 Å². The summed E-state index contributed by atoms with van der Waals surface area (Å²) in [5.41, 5.74) is 2.45. The number of imide groups is 1. The van der Waals surface area contributed by atoms with E-state index in [4.69, 9.17) is 5.10 Å². The zero-order valence-electron chi connectivity index (χ0n) is 25.4. The van der Waals surface area contributed by atoms with Crippen LogP contribution in [0.4, 0.5) is 0 Å². The van der Waals surface area contributed by atoms with Gasteiger partial charge in [0.15, 0.2) is 9.84 Å². The predicted octanol–water partition coefficient (Wildman–Crippen LogP) is 3.71. The molecule has 47 heavy (non-hydrogen) atoms. The van der Waals surface area contributed by atoms with Crippen molar-refractivity contribution in [2.45, 2.75) is 17.4 Å². The lowest BCUT2D eigenvalue weighted by atomic mass is 9.86. The van der Waals surface area contributed by atoms with Crippen molar-refractivity contribution in [3.05, 3.63) is 113 Å². The molecule has 2 aliphatic heterocycles. The molecule has 3 heterocycles. The molecule has 1 aromatic heterocycles. The summed E-state index contributed by atoms with van der Waals surface area (Å²) in [5.74, 6) is -2.11. The van der Waals surface area contributed by atoms with Gasteiger partial charge in [0.1, 0.15) is 11.6 Å². The number of amides is 2. The first-order valence-electron chi connectivity index (χ1n) is 14.6. The molecule has 4 aromatic rings. The number of carbonyl (C=O) groups excluding carboxylic acids is 2. The number of rotatable bonds is 7. The van der Waals surface area contributed by atoms with Gasteiger partial charge in [-0.3, -0.25) is 14.5 Å². The smallest absolute Gasteiger partial charge is 0.270 e. The summed E-state index contributed by atoms with van der Waals surface area (Å²) in [6.45, 7) is 0. The van der Waals surface area contributed by atoms with Gasteiger partial charge < -0.3 is 0 Å². The molecule has 6 rings (SSSR count). The van der Waals surface area contributed by atoms with Crippen LogP contribution < -0.4 is 0 Å². The lowest BCUT2D eigenvalue weighted by molar-refractivity contribution is -0.142. The summed E-state index contributed by atoms with van der Waals surface area (Å²) in [6.07, 6.45) is 3.33. The number of carbonyl (C=O) groups is 2. The third-order valence-corrected chi connectivity index (χ3v) is 11.7. The van der Waals surface area contributed by atoms with Crippen molar-refractivity contribution in [1.29, 1.82) is 5.26 Å². The first kappa shape index (κ1) is 31.8. The van der Waals surface area contributed by atoms with E-state index < -0.39 is 37.7 Å². The highest BCUT2D eigenvalue weighted by Crippen LogP contribution is 2.38. The number of benzene rings is 3. The Morgan fingerprint density at radius 3 is 2.13 bits per heavy atom. The molecule has 0 spiro atoms. The monoisotopic (exact) mass is 667 g/mol. The Morgan fingerprint density at radius 2 is 1.55 bits per heavy atom. The Kier molecular flexibility index (Phi) is 8.27. The van der Waals surface area contributed by atoms with Crippen molar-refractivity contribution in [2.24, 2.45) is 0 Å². The average molecular weight is 668 g/mol. The summed E-state index contributed by atoms with van der Waals surface area (Å²) in [6, 6.07) is 25.1. The average Bonchev–Trinajstić information content (AvgIpc) is 3.65. The number of nitrogens with zero attached hydrogens (tertiary/aromatic N) is 5. The summed E-state index contributed by atoms with van der Waals surface area (Å²) in [4.78, 5) is 29.0. The Balaban J connectivity index is 1.58. The largest absolute Gasteiger partial charge is 0.272 e. The summed E-state index contributed by atoms with van der Waals surface area (Å²) >= 11 is 0. The normalized spacial score (nSPS) is 19.1. The van der Waals surface area contributed by atoms with E-state index in [0.717, 1.165) is 9.21 Å². The van der Waals surface area contributed by atoms with Crippen LogP contribution in [0.1, 0.15) is 17.5 Å². The van der Waals surface area contributed by atoms with Crippen LogP contribution in [0.5, 0.6) is 0 Å². The van der Waals surface area contributed by atoms with Crippen molar-refractivity contribution in [1.82, 2.24) is 19.0 Å². The van der Waals surface area contributed by atoms with Crippen molar-refractivity contribution in [3.8, 4) is 23.0 Å². The maximum Gasteiger partial charge on any atom is 0.272 e. The maximum absolute atomic E-state index is 14.3. The van der Waals surface area contributed by atoms with Crippen LogP contribution in [0.3, 0.4) is 0 Å². The molecule has 0 bridgehead atoms. The Hall–Kier alpha value is -5.16. The van der Waals surface area contributed by atoms with Gasteiger partial charge in [-0.2, -0.15) is 10.4 Å². The summed E-state index contributed by atoms with van der Waals surface area (Å²) in [7, 11) is -4.28. The van der Waals surface area contributed by atoms with E-state index in [9.17, 15) is 31.7 Å². The number of para-hydroxylation sites is 1. The van der Waals surface area contributed by atoms with Crippen LogP contribution in [-0.4, -0.2) is 79.3 Å². The van der Waals surface area contributed by atoms with Crippen LogP contribution in [0, 0.1) is 11.3 Å². The molecule has 1 saturated heterocycles. The van der Waals surface area contributed by atoms with Gasteiger partial charge in [-0.05, 0) is 42.3 Å². The highest BCUT2D eigenvalue weighted by atomic mass is 32.2. The maximum atomic E-state index is 14.3. The molecule has 3 aromatic carbocycles. The molecule has 13 heteroatoms. The molecular weight excluding hydrogens is 639 g/mol. The second kappa shape index (κ2) is 12.2. The van der Waals surface area contributed by atoms with Gasteiger partial charge in [0.2, 0.25) is 10.0 Å². The minimum atomic E-state index is -3.69. The molecule has 1 unspecified atom stereocenters. The van der Waals surface area contributed by atoms with Gasteiger partial charge in [0, 0.05) is 37.0 Å². The molecule has 0 radical (unpaired) electrons. The minimum Gasteiger partial charge on any atom is -0.270 e. The van der Waals surface area contributed by atoms with Crippen LogP contribution in [-0.2, 0) is 29.4 Å². The lowest BCUT2D eigenvalue weighted by Gasteiger charge is -2.32. The van der Waals surface area contributed by atoms with E-state index in [-0.39, 0.29) is 39.5 Å². The zero-order chi connectivity index (χ0) is 33.5. The van der Waals surface area contributed by atoms with Crippen molar-refractivity contribution >= 4 is 43.3 Å². The number of nitriles is 1. The second-order valence-electron chi connectivity index (χ2n) is 11.3. The third-order valence-electron chi connectivity index (χ3n) is 8.12.